The third kappa shape index (κ3) is 5.60. The number of aromatic nitrogens is 1. The Labute approximate surface area is 179 Å². The Morgan fingerprint density at radius 2 is 1.96 bits per heavy atom. The lowest BCUT2D eigenvalue weighted by atomic mass is 10.0. The first kappa shape index (κ1) is 22.0. The molecule has 1 heterocycles. The number of rotatable bonds is 7. The van der Waals surface area contributed by atoms with E-state index in [1.54, 1.807) is 0 Å². The van der Waals surface area contributed by atoms with Gasteiger partial charge >= 0.3 is 0 Å². The van der Waals surface area contributed by atoms with Crippen LogP contribution < -0.4 is 10.6 Å². The van der Waals surface area contributed by atoms with Crippen molar-refractivity contribution in [3.63, 3.8) is 0 Å². The van der Waals surface area contributed by atoms with Crippen molar-refractivity contribution in [2.45, 2.75) is 58.0 Å². The molecule has 1 aliphatic carbocycles. The van der Waals surface area contributed by atoms with Crippen molar-refractivity contribution in [2.24, 2.45) is 4.99 Å². The van der Waals surface area contributed by atoms with Crippen LogP contribution in [-0.2, 0) is 12.8 Å². The minimum atomic E-state index is -0.601. The molecule has 0 atom stereocenters. The molecular formula is C21H33IN4O. The van der Waals surface area contributed by atoms with E-state index in [9.17, 15) is 5.11 Å². The number of fused-ring (bicyclic) bond motifs is 1. The number of hydrogen-bond donors (Lipinski definition) is 4. The lowest BCUT2D eigenvalue weighted by Crippen LogP contribution is -2.40. The summed E-state index contributed by atoms with van der Waals surface area (Å²) in [5.41, 5.74) is 3.35. The van der Waals surface area contributed by atoms with Crippen molar-refractivity contribution in [3.05, 3.63) is 35.5 Å². The van der Waals surface area contributed by atoms with Crippen LogP contribution in [0.25, 0.3) is 10.9 Å². The van der Waals surface area contributed by atoms with E-state index in [1.807, 2.05) is 0 Å². The Morgan fingerprint density at radius 1 is 1.19 bits per heavy atom. The van der Waals surface area contributed by atoms with Gasteiger partial charge < -0.3 is 20.7 Å². The molecule has 1 fully saturated rings. The van der Waals surface area contributed by atoms with Gasteiger partial charge in [0.1, 0.15) is 0 Å². The highest BCUT2D eigenvalue weighted by Gasteiger charge is 2.30. The number of hydrogen-bond acceptors (Lipinski definition) is 2. The minimum absolute atomic E-state index is 0. The van der Waals surface area contributed by atoms with Gasteiger partial charge in [-0.25, -0.2) is 0 Å². The minimum Gasteiger partial charge on any atom is -0.388 e. The molecule has 1 saturated carbocycles. The van der Waals surface area contributed by atoms with Gasteiger partial charge in [-0.1, -0.05) is 38.0 Å². The summed E-state index contributed by atoms with van der Waals surface area (Å²) in [5, 5.41) is 18.5. The van der Waals surface area contributed by atoms with Crippen molar-refractivity contribution in [1.82, 2.24) is 15.6 Å². The molecule has 150 valence electrons. The number of para-hydroxylation sites is 1. The Bertz CT molecular complexity index is 750. The fraction of sp³-hybridized carbons (Fsp3) is 0.571. The zero-order valence-corrected chi connectivity index (χ0v) is 18.8. The quantitative estimate of drug-likeness (QED) is 0.275. The van der Waals surface area contributed by atoms with Crippen LogP contribution in [0, 0.1) is 0 Å². The molecule has 0 bridgehead atoms. The summed E-state index contributed by atoms with van der Waals surface area (Å²) in [6.45, 7) is 6.36. The summed E-state index contributed by atoms with van der Waals surface area (Å²) < 4.78 is 0. The number of aryl methyl sites for hydroxylation is 1. The zero-order valence-electron chi connectivity index (χ0n) is 16.5. The largest absolute Gasteiger partial charge is 0.388 e. The average molecular weight is 484 g/mol. The lowest BCUT2D eigenvalue weighted by molar-refractivity contribution is 0.0574. The van der Waals surface area contributed by atoms with Gasteiger partial charge in [0.15, 0.2) is 5.96 Å². The van der Waals surface area contributed by atoms with Crippen LogP contribution in [0.1, 0.15) is 50.7 Å². The number of aromatic amines is 1. The number of nitrogens with zero attached hydrogens (tertiary/aromatic N) is 1. The van der Waals surface area contributed by atoms with E-state index in [1.165, 1.54) is 22.0 Å². The van der Waals surface area contributed by atoms with Gasteiger partial charge in [-0.2, -0.15) is 0 Å². The molecule has 0 unspecified atom stereocenters. The van der Waals surface area contributed by atoms with Gasteiger partial charge in [-0.3, -0.25) is 4.99 Å². The van der Waals surface area contributed by atoms with E-state index in [0.29, 0.717) is 6.54 Å². The smallest absolute Gasteiger partial charge is 0.191 e. The number of benzene rings is 1. The Kier molecular flexibility index (Phi) is 8.41. The van der Waals surface area contributed by atoms with Crippen molar-refractivity contribution >= 4 is 40.8 Å². The van der Waals surface area contributed by atoms with Gasteiger partial charge in [0.25, 0.3) is 0 Å². The highest BCUT2D eigenvalue weighted by molar-refractivity contribution is 14.0. The van der Waals surface area contributed by atoms with Gasteiger partial charge in [0, 0.05) is 30.2 Å². The van der Waals surface area contributed by atoms with Crippen molar-refractivity contribution < 1.29 is 5.11 Å². The molecule has 0 saturated heterocycles. The predicted octanol–water partition coefficient (Wildman–Crippen LogP) is 3.75. The standard InChI is InChI=1S/C21H32N4O.HI/c1-3-16-8-7-9-18-17(14-24-19(16)18)10-13-23-20(22-4-2)25-15-21(26)11-5-6-12-21;/h7-9,14,24,26H,3-6,10-13,15H2,1-2H3,(H2,22,23,25);1H. The summed E-state index contributed by atoms with van der Waals surface area (Å²) in [4.78, 5) is 8.04. The summed E-state index contributed by atoms with van der Waals surface area (Å²) in [7, 11) is 0. The number of H-pyrrole nitrogens is 1. The fourth-order valence-corrected chi connectivity index (χ4v) is 3.85. The summed E-state index contributed by atoms with van der Waals surface area (Å²) in [6, 6.07) is 6.51. The first-order chi connectivity index (χ1) is 12.6. The van der Waals surface area contributed by atoms with Crippen LogP contribution in [0.2, 0.25) is 0 Å². The Balaban J connectivity index is 0.00000261. The number of aliphatic imine (C=N–C) groups is 1. The van der Waals surface area contributed by atoms with E-state index in [-0.39, 0.29) is 24.0 Å². The Morgan fingerprint density at radius 3 is 2.67 bits per heavy atom. The van der Waals surface area contributed by atoms with E-state index >= 15 is 0 Å². The van der Waals surface area contributed by atoms with Gasteiger partial charge in [-0.15, -0.1) is 24.0 Å². The molecule has 3 rings (SSSR count). The normalized spacial score (nSPS) is 16.3. The van der Waals surface area contributed by atoms with Crippen LogP contribution in [0.3, 0.4) is 0 Å². The number of aliphatic hydroxyl groups is 1. The molecule has 0 radical (unpaired) electrons. The van der Waals surface area contributed by atoms with Crippen LogP contribution in [0.5, 0.6) is 0 Å². The predicted molar refractivity (Wildman–Crippen MR) is 124 cm³/mol. The molecule has 6 heteroatoms. The molecule has 1 aliphatic rings. The van der Waals surface area contributed by atoms with E-state index in [0.717, 1.165) is 57.6 Å². The third-order valence-corrected chi connectivity index (χ3v) is 5.37. The lowest BCUT2D eigenvalue weighted by Gasteiger charge is -2.20. The second-order valence-electron chi connectivity index (χ2n) is 7.31. The maximum Gasteiger partial charge on any atom is 0.191 e. The van der Waals surface area contributed by atoms with Crippen LogP contribution in [0.15, 0.2) is 29.4 Å². The zero-order chi connectivity index (χ0) is 18.4. The second kappa shape index (κ2) is 10.3. The summed E-state index contributed by atoms with van der Waals surface area (Å²) >= 11 is 0. The van der Waals surface area contributed by atoms with E-state index in [2.05, 4.69) is 58.9 Å². The number of nitrogens with one attached hydrogen (secondary N) is 3. The van der Waals surface area contributed by atoms with Gasteiger partial charge in [0.2, 0.25) is 0 Å². The summed E-state index contributed by atoms with van der Waals surface area (Å²) in [5.74, 6) is 0.793. The van der Waals surface area contributed by atoms with Gasteiger partial charge in [-0.05, 0) is 43.7 Å². The maximum atomic E-state index is 10.5. The summed E-state index contributed by atoms with van der Waals surface area (Å²) in [6.07, 6.45) is 8.04. The molecule has 2 aromatic rings. The SMILES string of the molecule is CCNC(=NCC1(O)CCCC1)NCCc1c[nH]c2c(CC)cccc12.I. The second-order valence-corrected chi connectivity index (χ2v) is 7.31. The highest BCUT2D eigenvalue weighted by atomic mass is 127. The highest BCUT2D eigenvalue weighted by Crippen LogP contribution is 2.29. The molecular weight excluding hydrogens is 451 g/mol. The van der Waals surface area contributed by atoms with Crippen molar-refractivity contribution in [1.29, 1.82) is 0 Å². The van der Waals surface area contributed by atoms with Crippen LogP contribution in [0.4, 0.5) is 0 Å². The molecule has 5 nitrogen and oxygen atoms in total. The topological polar surface area (TPSA) is 72.4 Å². The third-order valence-electron chi connectivity index (χ3n) is 5.37. The maximum absolute atomic E-state index is 10.5. The van der Waals surface area contributed by atoms with Crippen molar-refractivity contribution in [2.75, 3.05) is 19.6 Å². The molecule has 1 aromatic heterocycles. The fourth-order valence-electron chi connectivity index (χ4n) is 3.85. The van der Waals surface area contributed by atoms with Crippen LogP contribution in [-0.4, -0.2) is 41.3 Å². The molecule has 4 N–H and O–H groups in total. The molecule has 0 spiro atoms. The molecule has 0 amide bonds. The number of guanidine groups is 1. The molecule has 27 heavy (non-hydrogen) atoms. The Hall–Kier alpha value is -1.28. The van der Waals surface area contributed by atoms with Gasteiger partial charge in [0.05, 0.1) is 12.1 Å². The van der Waals surface area contributed by atoms with Crippen LogP contribution >= 0.6 is 24.0 Å². The van der Waals surface area contributed by atoms with E-state index in [4.69, 9.17) is 0 Å². The first-order valence-corrected chi connectivity index (χ1v) is 9.97. The van der Waals surface area contributed by atoms with E-state index < -0.39 is 5.60 Å². The average Bonchev–Trinajstić information content (AvgIpc) is 3.26. The first-order valence-electron chi connectivity index (χ1n) is 9.97. The molecule has 0 aliphatic heterocycles. The van der Waals surface area contributed by atoms with Crippen molar-refractivity contribution in [3.8, 4) is 0 Å². The molecule has 1 aromatic carbocycles. The number of halogens is 1. The monoisotopic (exact) mass is 484 g/mol.